The molecular weight excluding hydrogens is 334 g/mol. The monoisotopic (exact) mass is 351 g/mol. The van der Waals surface area contributed by atoms with Gasteiger partial charge in [0, 0.05) is 5.69 Å². The van der Waals surface area contributed by atoms with E-state index < -0.39 is 4.92 Å². The summed E-state index contributed by atoms with van der Waals surface area (Å²) in [5, 5.41) is 17.6. The lowest BCUT2D eigenvalue weighted by atomic mass is 10.2. The Bertz CT molecular complexity index is 946. The number of nitrogens with zero attached hydrogens (tertiary/aromatic N) is 3. The van der Waals surface area contributed by atoms with Gasteiger partial charge in [0.15, 0.2) is 0 Å². The minimum absolute atomic E-state index is 0.0738. The van der Waals surface area contributed by atoms with Gasteiger partial charge in [0.05, 0.1) is 17.7 Å². The first kappa shape index (κ1) is 17.2. The van der Waals surface area contributed by atoms with Crippen molar-refractivity contribution in [2.24, 2.45) is 0 Å². The molecule has 0 bridgehead atoms. The molecule has 1 heterocycles. The molecule has 0 fully saturated rings. The van der Waals surface area contributed by atoms with Crippen LogP contribution in [0, 0.1) is 17.0 Å². The summed E-state index contributed by atoms with van der Waals surface area (Å²) >= 11 is 0. The summed E-state index contributed by atoms with van der Waals surface area (Å²) in [6.45, 7) is 1.94. The van der Waals surface area contributed by atoms with Crippen molar-refractivity contribution in [1.82, 2.24) is 9.97 Å². The van der Waals surface area contributed by atoms with E-state index in [1.54, 1.807) is 18.2 Å². The SMILES string of the molecule is COc1ccccc1Nc1ncnc(Nc2cccc(C)c2)c1[N+](=O)[O-]. The molecule has 0 saturated carbocycles. The lowest BCUT2D eigenvalue weighted by molar-refractivity contribution is -0.383. The predicted molar refractivity (Wildman–Crippen MR) is 99.4 cm³/mol. The summed E-state index contributed by atoms with van der Waals surface area (Å²) in [7, 11) is 1.53. The van der Waals surface area contributed by atoms with Gasteiger partial charge < -0.3 is 15.4 Å². The Kier molecular flexibility index (Phi) is 4.93. The van der Waals surface area contributed by atoms with Gasteiger partial charge in [0.25, 0.3) is 0 Å². The van der Waals surface area contributed by atoms with Crippen molar-refractivity contribution in [3.8, 4) is 5.75 Å². The Labute approximate surface area is 150 Å². The quantitative estimate of drug-likeness (QED) is 0.507. The fourth-order valence-corrected chi connectivity index (χ4v) is 2.47. The first-order chi connectivity index (χ1) is 12.6. The topological polar surface area (TPSA) is 102 Å². The molecule has 0 aliphatic rings. The minimum Gasteiger partial charge on any atom is -0.495 e. The van der Waals surface area contributed by atoms with Gasteiger partial charge in [-0.2, -0.15) is 0 Å². The molecule has 0 aliphatic heterocycles. The van der Waals surface area contributed by atoms with E-state index in [1.165, 1.54) is 13.4 Å². The number of aromatic nitrogens is 2. The van der Waals surface area contributed by atoms with E-state index in [0.717, 1.165) is 5.56 Å². The molecule has 0 unspecified atom stereocenters. The van der Waals surface area contributed by atoms with Gasteiger partial charge in [-0.15, -0.1) is 0 Å². The van der Waals surface area contributed by atoms with Crippen LogP contribution in [0.15, 0.2) is 54.9 Å². The number of benzene rings is 2. The van der Waals surface area contributed by atoms with Gasteiger partial charge >= 0.3 is 5.69 Å². The van der Waals surface area contributed by atoms with Crippen LogP contribution in [0.4, 0.5) is 28.7 Å². The number of hydrogen-bond acceptors (Lipinski definition) is 7. The first-order valence-electron chi connectivity index (χ1n) is 7.81. The van der Waals surface area contributed by atoms with Crippen molar-refractivity contribution in [2.45, 2.75) is 6.92 Å². The number of hydrogen-bond donors (Lipinski definition) is 2. The molecule has 0 radical (unpaired) electrons. The molecular formula is C18H17N5O3. The molecule has 2 aromatic carbocycles. The van der Waals surface area contributed by atoms with Crippen molar-refractivity contribution in [2.75, 3.05) is 17.7 Å². The average molecular weight is 351 g/mol. The van der Waals surface area contributed by atoms with Crippen LogP contribution in [-0.2, 0) is 0 Å². The number of para-hydroxylation sites is 2. The van der Waals surface area contributed by atoms with Gasteiger partial charge in [0.2, 0.25) is 11.6 Å². The Morgan fingerprint density at radius 3 is 2.46 bits per heavy atom. The van der Waals surface area contributed by atoms with Crippen LogP contribution >= 0.6 is 0 Å². The molecule has 0 atom stereocenters. The van der Waals surface area contributed by atoms with E-state index in [1.807, 2.05) is 37.3 Å². The Morgan fingerprint density at radius 1 is 1.04 bits per heavy atom. The van der Waals surface area contributed by atoms with E-state index in [2.05, 4.69) is 20.6 Å². The summed E-state index contributed by atoms with van der Waals surface area (Å²) in [4.78, 5) is 19.2. The fraction of sp³-hybridized carbons (Fsp3) is 0.111. The molecule has 0 saturated heterocycles. The Balaban J connectivity index is 2.00. The molecule has 0 amide bonds. The number of aryl methyl sites for hydroxylation is 1. The highest BCUT2D eigenvalue weighted by molar-refractivity contribution is 5.78. The van der Waals surface area contributed by atoms with Crippen molar-refractivity contribution in [3.05, 3.63) is 70.5 Å². The van der Waals surface area contributed by atoms with Crippen LogP contribution in [0.2, 0.25) is 0 Å². The molecule has 8 nitrogen and oxygen atoms in total. The maximum Gasteiger partial charge on any atom is 0.353 e. The molecule has 26 heavy (non-hydrogen) atoms. The highest BCUT2D eigenvalue weighted by atomic mass is 16.6. The second kappa shape index (κ2) is 7.47. The molecule has 3 rings (SSSR count). The Hall–Kier alpha value is -3.68. The third kappa shape index (κ3) is 3.69. The zero-order chi connectivity index (χ0) is 18.5. The zero-order valence-electron chi connectivity index (χ0n) is 14.3. The number of nitro groups is 1. The minimum atomic E-state index is -0.518. The molecule has 0 spiro atoms. The summed E-state index contributed by atoms with van der Waals surface area (Å²) in [6, 6.07) is 14.6. The number of rotatable bonds is 6. The lowest BCUT2D eigenvalue weighted by Crippen LogP contribution is -2.06. The van der Waals surface area contributed by atoms with Crippen molar-refractivity contribution >= 4 is 28.7 Å². The largest absolute Gasteiger partial charge is 0.495 e. The van der Waals surface area contributed by atoms with Gasteiger partial charge in [-0.3, -0.25) is 10.1 Å². The highest BCUT2D eigenvalue weighted by Crippen LogP contribution is 2.35. The van der Waals surface area contributed by atoms with Crippen LogP contribution in [0.3, 0.4) is 0 Å². The van der Waals surface area contributed by atoms with E-state index in [9.17, 15) is 10.1 Å². The third-order valence-electron chi connectivity index (χ3n) is 3.65. The fourth-order valence-electron chi connectivity index (χ4n) is 2.47. The van der Waals surface area contributed by atoms with E-state index in [-0.39, 0.29) is 17.3 Å². The van der Waals surface area contributed by atoms with Crippen LogP contribution in [-0.4, -0.2) is 22.0 Å². The van der Waals surface area contributed by atoms with Crippen LogP contribution in [0.5, 0.6) is 5.75 Å². The maximum absolute atomic E-state index is 11.7. The number of nitrogens with one attached hydrogen (secondary N) is 2. The first-order valence-corrected chi connectivity index (χ1v) is 7.81. The second-order valence-corrected chi connectivity index (χ2v) is 5.50. The summed E-state index contributed by atoms with van der Waals surface area (Å²) in [5.74, 6) is 0.728. The predicted octanol–water partition coefficient (Wildman–Crippen LogP) is 4.19. The van der Waals surface area contributed by atoms with Crippen molar-refractivity contribution in [1.29, 1.82) is 0 Å². The third-order valence-corrected chi connectivity index (χ3v) is 3.65. The summed E-state index contributed by atoms with van der Waals surface area (Å²) in [6.07, 6.45) is 1.27. The van der Waals surface area contributed by atoms with E-state index in [0.29, 0.717) is 17.1 Å². The van der Waals surface area contributed by atoms with E-state index in [4.69, 9.17) is 4.74 Å². The smallest absolute Gasteiger partial charge is 0.353 e. The number of anilines is 4. The molecule has 3 aromatic rings. The molecule has 0 aliphatic carbocycles. The molecule has 1 aromatic heterocycles. The van der Waals surface area contributed by atoms with Gasteiger partial charge in [-0.05, 0) is 36.8 Å². The summed E-state index contributed by atoms with van der Waals surface area (Å²) in [5.41, 5.74) is 2.05. The maximum atomic E-state index is 11.7. The van der Waals surface area contributed by atoms with Crippen LogP contribution in [0.25, 0.3) is 0 Å². The highest BCUT2D eigenvalue weighted by Gasteiger charge is 2.24. The van der Waals surface area contributed by atoms with Crippen molar-refractivity contribution < 1.29 is 9.66 Å². The average Bonchev–Trinajstić information content (AvgIpc) is 2.62. The van der Waals surface area contributed by atoms with Gasteiger partial charge in [-0.25, -0.2) is 9.97 Å². The van der Waals surface area contributed by atoms with Gasteiger partial charge in [0.1, 0.15) is 12.1 Å². The van der Waals surface area contributed by atoms with Crippen LogP contribution in [0.1, 0.15) is 5.56 Å². The Morgan fingerprint density at radius 2 is 1.77 bits per heavy atom. The normalized spacial score (nSPS) is 10.2. The second-order valence-electron chi connectivity index (χ2n) is 5.50. The molecule has 8 heteroatoms. The van der Waals surface area contributed by atoms with Crippen molar-refractivity contribution in [3.63, 3.8) is 0 Å². The number of methoxy groups -OCH3 is 1. The van der Waals surface area contributed by atoms with E-state index >= 15 is 0 Å². The van der Waals surface area contributed by atoms with Gasteiger partial charge in [-0.1, -0.05) is 24.3 Å². The molecule has 132 valence electrons. The van der Waals surface area contributed by atoms with Crippen LogP contribution < -0.4 is 15.4 Å². The standard InChI is InChI=1S/C18H17N5O3/c1-12-6-5-7-13(10-12)21-17-16(23(24)25)18(20-11-19-17)22-14-8-3-4-9-15(14)26-2/h3-11H,1-2H3,(H2,19,20,21,22). The number of ether oxygens (including phenoxy) is 1. The lowest BCUT2D eigenvalue weighted by Gasteiger charge is -2.12. The zero-order valence-corrected chi connectivity index (χ0v) is 14.3. The summed E-state index contributed by atoms with van der Waals surface area (Å²) < 4.78 is 5.27. The molecule has 2 N–H and O–H groups in total.